The van der Waals surface area contributed by atoms with E-state index in [4.69, 9.17) is 9.47 Å². The molecule has 7 heteroatoms. The van der Waals surface area contributed by atoms with Gasteiger partial charge in [0.05, 0.1) is 49.6 Å². The molecular weight excluding hydrogens is 337 g/mol. The van der Waals surface area contributed by atoms with E-state index in [1.165, 1.54) is 6.07 Å². The minimum absolute atomic E-state index is 0.0385. The largest absolute Gasteiger partial charge is 0.378 e. The van der Waals surface area contributed by atoms with Crippen molar-refractivity contribution in [2.45, 2.75) is 17.6 Å². The number of halogens is 1. The summed E-state index contributed by atoms with van der Waals surface area (Å²) in [7, 11) is 0. The number of benzene rings is 1. The van der Waals surface area contributed by atoms with Crippen molar-refractivity contribution >= 4 is 5.91 Å². The summed E-state index contributed by atoms with van der Waals surface area (Å²) in [5, 5.41) is 0. The molecule has 140 valence electrons. The molecule has 0 N–H and O–H groups in total. The van der Waals surface area contributed by atoms with Crippen molar-refractivity contribution in [3.05, 3.63) is 35.6 Å². The Bertz CT molecular complexity index is 705. The predicted octanol–water partition coefficient (Wildman–Crippen LogP) is 0.436. The first-order valence-electron chi connectivity index (χ1n) is 9.36. The number of hydrogen-bond donors (Lipinski definition) is 0. The van der Waals surface area contributed by atoms with Gasteiger partial charge in [-0.15, -0.1) is 0 Å². The zero-order chi connectivity index (χ0) is 17.7. The van der Waals surface area contributed by atoms with E-state index in [9.17, 15) is 9.18 Å². The van der Waals surface area contributed by atoms with E-state index in [0.29, 0.717) is 25.7 Å². The molecule has 4 aliphatic rings. The van der Waals surface area contributed by atoms with Gasteiger partial charge in [-0.3, -0.25) is 14.6 Å². The van der Waals surface area contributed by atoms with Gasteiger partial charge in [-0.05, 0) is 12.1 Å². The third-order valence-electron chi connectivity index (χ3n) is 6.28. The molecule has 4 aliphatic heterocycles. The molecule has 1 spiro atoms. The second kappa shape index (κ2) is 6.27. The van der Waals surface area contributed by atoms with Crippen molar-refractivity contribution < 1.29 is 18.7 Å². The maximum absolute atomic E-state index is 14.1. The molecule has 4 fully saturated rings. The van der Waals surface area contributed by atoms with Crippen LogP contribution < -0.4 is 0 Å². The van der Waals surface area contributed by atoms with Crippen LogP contribution in [0.1, 0.15) is 10.4 Å². The third kappa shape index (κ3) is 2.57. The number of nitrogens with zero attached hydrogens (tertiary/aromatic N) is 3. The van der Waals surface area contributed by atoms with E-state index in [2.05, 4.69) is 9.80 Å². The summed E-state index contributed by atoms with van der Waals surface area (Å²) in [5.41, 5.74) is 0.125. The fourth-order valence-corrected chi connectivity index (χ4v) is 4.84. The van der Waals surface area contributed by atoms with Gasteiger partial charge < -0.3 is 14.4 Å². The van der Waals surface area contributed by atoms with Crippen LogP contribution >= 0.6 is 0 Å². The molecule has 4 saturated heterocycles. The van der Waals surface area contributed by atoms with Gasteiger partial charge in [0.1, 0.15) is 5.82 Å². The number of piperazine rings is 1. The molecule has 0 aromatic heterocycles. The standard InChI is InChI=1S/C19H24FN3O3/c20-17-4-2-1-3-16(17)18(24)21-7-14-8-25-6-5-23(14)19(11-21)12-22(13-19)15-9-26-10-15/h1-4,14-15H,5-13H2. The fraction of sp³-hybridized carbons (Fsp3) is 0.632. The predicted molar refractivity (Wildman–Crippen MR) is 92.5 cm³/mol. The van der Waals surface area contributed by atoms with E-state index in [-0.39, 0.29) is 23.1 Å². The lowest BCUT2D eigenvalue weighted by atomic mass is 9.81. The van der Waals surface area contributed by atoms with Crippen molar-refractivity contribution in [1.82, 2.24) is 14.7 Å². The number of ether oxygens (including phenoxy) is 2. The van der Waals surface area contributed by atoms with E-state index >= 15 is 0 Å². The van der Waals surface area contributed by atoms with E-state index in [1.54, 1.807) is 18.2 Å². The lowest BCUT2D eigenvalue weighted by Gasteiger charge is -2.65. The van der Waals surface area contributed by atoms with Crippen LogP contribution in [0.2, 0.25) is 0 Å². The number of rotatable bonds is 2. The molecule has 5 rings (SSSR count). The molecule has 0 bridgehead atoms. The average molecular weight is 361 g/mol. The zero-order valence-corrected chi connectivity index (χ0v) is 14.8. The molecule has 0 aliphatic carbocycles. The molecule has 4 heterocycles. The first-order valence-corrected chi connectivity index (χ1v) is 9.36. The van der Waals surface area contributed by atoms with E-state index < -0.39 is 5.82 Å². The highest BCUT2D eigenvalue weighted by molar-refractivity contribution is 5.94. The van der Waals surface area contributed by atoms with Crippen molar-refractivity contribution in [1.29, 1.82) is 0 Å². The molecule has 26 heavy (non-hydrogen) atoms. The lowest BCUT2D eigenvalue weighted by Crippen LogP contribution is -2.82. The number of amides is 1. The zero-order valence-electron chi connectivity index (χ0n) is 14.8. The highest BCUT2D eigenvalue weighted by Gasteiger charge is 2.56. The van der Waals surface area contributed by atoms with Crippen LogP contribution in [0.5, 0.6) is 0 Å². The molecule has 1 aromatic rings. The molecule has 0 radical (unpaired) electrons. The summed E-state index contributed by atoms with van der Waals surface area (Å²) in [6, 6.07) is 6.96. The average Bonchev–Trinajstić information content (AvgIpc) is 2.58. The van der Waals surface area contributed by atoms with Gasteiger partial charge in [0.15, 0.2) is 0 Å². The summed E-state index contributed by atoms with van der Waals surface area (Å²) in [4.78, 5) is 19.8. The number of morpholine rings is 1. The van der Waals surface area contributed by atoms with Gasteiger partial charge in [-0.25, -0.2) is 4.39 Å². The van der Waals surface area contributed by atoms with Crippen LogP contribution in [0, 0.1) is 5.82 Å². The van der Waals surface area contributed by atoms with Gasteiger partial charge in [0.25, 0.3) is 5.91 Å². The quantitative estimate of drug-likeness (QED) is 0.765. The second-order valence-corrected chi connectivity index (χ2v) is 7.91. The number of hydrogen-bond acceptors (Lipinski definition) is 5. The SMILES string of the molecule is O=C(c1ccccc1F)N1CC2COCCN2C2(C1)CN(C1COC1)C2. The molecule has 1 amide bonds. The van der Waals surface area contributed by atoms with Gasteiger partial charge in [0, 0.05) is 32.7 Å². The number of fused-ring (bicyclic) bond motifs is 2. The summed E-state index contributed by atoms with van der Waals surface area (Å²) < 4.78 is 25.1. The number of carbonyl (C=O) groups is 1. The van der Waals surface area contributed by atoms with Crippen molar-refractivity contribution in [2.75, 3.05) is 59.2 Å². The third-order valence-corrected chi connectivity index (χ3v) is 6.28. The van der Waals surface area contributed by atoms with Crippen LogP contribution in [0.25, 0.3) is 0 Å². The van der Waals surface area contributed by atoms with Crippen LogP contribution in [0.15, 0.2) is 24.3 Å². The molecule has 1 unspecified atom stereocenters. The monoisotopic (exact) mass is 361 g/mol. The number of carbonyl (C=O) groups excluding carboxylic acids is 1. The minimum atomic E-state index is -0.448. The Hall–Kier alpha value is -1.54. The summed E-state index contributed by atoms with van der Waals surface area (Å²) in [5.74, 6) is -0.658. The van der Waals surface area contributed by atoms with Gasteiger partial charge in [0.2, 0.25) is 0 Å². The first-order chi connectivity index (χ1) is 12.7. The van der Waals surface area contributed by atoms with Gasteiger partial charge >= 0.3 is 0 Å². The van der Waals surface area contributed by atoms with E-state index in [1.807, 2.05) is 4.90 Å². The Kier molecular flexibility index (Phi) is 4.01. The van der Waals surface area contributed by atoms with Crippen LogP contribution in [-0.4, -0.2) is 97.4 Å². The highest BCUT2D eigenvalue weighted by atomic mass is 19.1. The molecule has 6 nitrogen and oxygen atoms in total. The Morgan fingerprint density at radius 3 is 2.58 bits per heavy atom. The van der Waals surface area contributed by atoms with Crippen molar-refractivity contribution in [2.24, 2.45) is 0 Å². The summed E-state index contributed by atoms with van der Waals surface area (Å²) >= 11 is 0. The van der Waals surface area contributed by atoms with Gasteiger partial charge in [-0.2, -0.15) is 0 Å². The van der Waals surface area contributed by atoms with Gasteiger partial charge in [-0.1, -0.05) is 12.1 Å². The smallest absolute Gasteiger partial charge is 0.256 e. The van der Waals surface area contributed by atoms with Crippen LogP contribution in [0.4, 0.5) is 4.39 Å². The Balaban J connectivity index is 1.38. The Labute approximate surface area is 152 Å². The maximum atomic E-state index is 14.1. The summed E-state index contributed by atoms with van der Waals surface area (Å²) in [6.45, 7) is 7.03. The topological polar surface area (TPSA) is 45.2 Å². The number of likely N-dealkylation sites (tertiary alicyclic amines) is 1. The molecule has 1 atom stereocenters. The minimum Gasteiger partial charge on any atom is -0.378 e. The molecule has 0 saturated carbocycles. The molecule has 1 aromatic carbocycles. The first kappa shape index (κ1) is 16.6. The Morgan fingerprint density at radius 1 is 1.08 bits per heavy atom. The molecular formula is C19H24FN3O3. The van der Waals surface area contributed by atoms with E-state index in [0.717, 1.165) is 39.5 Å². The lowest BCUT2D eigenvalue weighted by molar-refractivity contribution is -0.191. The van der Waals surface area contributed by atoms with Crippen molar-refractivity contribution in [3.63, 3.8) is 0 Å². The Morgan fingerprint density at radius 2 is 1.85 bits per heavy atom. The maximum Gasteiger partial charge on any atom is 0.256 e. The normalized spacial score (nSPS) is 29.1. The second-order valence-electron chi connectivity index (χ2n) is 7.91. The summed E-state index contributed by atoms with van der Waals surface area (Å²) in [6.07, 6.45) is 0. The van der Waals surface area contributed by atoms with Crippen LogP contribution in [-0.2, 0) is 9.47 Å². The van der Waals surface area contributed by atoms with Crippen molar-refractivity contribution in [3.8, 4) is 0 Å². The fourth-order valence-electron chi connectivity index (χ4n) is 4.84. The van der Waals surface area contributed by atoms with Crippen LogP contribution in [0.3, 0.4) is 0 Å². The highest BCUT2D eigenvalue weighted by Crippen LogP contribution is 2.38.